The summed E-state index contributed by atoms with van der Waals surface area (Å²) in [5.41, 5.74) is -0.787. The van der Waals surface area contributed by atoms with Crippen molar-refractivity contribution in [2.75, 3.05) is 13.1 Å². The number of alkyl carbamates (subject to hydrolysis) is 1. The first-order chi connectivity index (χ1) is 24.6. The van der Waals surface area contributed by atoms with E-state index in [0.717, 1.165) is 5.56 Å². The number of ether oxygens (including phenoxy) is 1. The van der Waals surface area contributed by atoms with E-state index in [4.69, 9.17) is 4.74 Å². The summed E-state index contributed by atoms with van der Waals surface area (Å²) in [6, 6.07) is 7.47. The van der Waals surface area contributed by atoms with Crippen molar-refractivity contribution in [3.63, 3.8) is 0 Å². The highest BCUT2D eigenvalue weighted by molar-refractivity contribution is 5.93. The molecule has 0 unspecified atom stereocenters. The Kier molecular flexibility index (Phi) is 15.1. The number of amides is 5. The van der Waals surface area contributed by atoms with Gasteiger partial charge in [0.15, 0.2) is 0 Å². The molecule has 4 atom stereocenters. The van der Waals surface area contributed by atoms with Crippen LogP contribution in [0.15, 0.2) is 42.5 Å². The van der Waals surface area contributed by atoms with Gasteiger partial charge >= 0.3 is 6.09 Å². The van der Waals surface area contributed by atoms with Crippen LogP contribution in [0.1, 0.15) is 107 Å². The monoisotopic (exact) mass is 740 g/mol. The molecule has 0 radical (unpaired) electrons. The van der Waals surface area contributed by atoms with Crippen LogP contribution in [0.5, 0.6) is 0 Å². The number of carbonyl (C=O) groups excluding carboxylic acids is 5. The van der Waals surface area contributed by atoms with E-state index < -0.39 is 52.6 Å². The van der Waals surface area contributed by atoms with Crippen LogP contribution >= 0.6 is 0 Å². The summed E-state index contributed by atoms with van der Waals surface area (Å²) < 4.78 is 5.48. The first kappa shape index (κ1) is 43.4. The number of hydrogen-bond acceptors (Lipinski definition) is 8. The lowest BCUT2D eigenvalue weighted by Crippen LogP contribution is -2.63. The van der Waals surface area contributed by atoms with E-state index in [1.54, 1.807) is 32.6 Å². The van der Waals surface area contributed by atoms with Gasteiger partial charge in [0.05, 0.1) is 18.5 Å². The summed E-state index contributed by atoms with van der Waals surface area (Å²) in [7, 11) is 0. The van der Waals surface area contributed by atoms with Crippen molar-refractivity contribution < 1.29 is 33.9 Å². The van der Waals surface area contributed by atoms with Gasteiger partial charge in [-0.25, -0.2) is 4.79 Å². The molecule has 0 aliphatic carbocycles. The standard InChI is InChI=1S/C40H64N6O7/c1-26(2)21-30(44-37(51)53-38(4,5)6)19-18-29(22-28-15-12-11-13-16-28)36(50)45-20-14-17-32(45)35(49)41-25-33(47)42-27(3)34(48)43-31-23-39(7,8)46(52)40(9,10)24-31/h11-13,15-16,18-19,26-27,29-32,52H,14,17,20-25H2,1-10H3,(H,41,49)(H,42,47)(H,43,48)(H,44,51)/b19-18+/t27-,29+,30+,32-/m0/s1. The minimum atomic E-state index is -0.850. The Morgan fingerprint density at radius 3 is 2.17 bits per heavy atom. The third-order valence-electron chi connectivity index (χ3n) is 9.64. The Labute approximate surface area is 316 Å². The second-order valence-corrected chi connectivity index (χ2v) is 17.3. The van der Waals surface area contributed by atoms with Gasteiger partial charge in [0.2, 0.25) is 23.6 Å². The predicted octanol–water partition coefficient (Wildman–Crippen LogP) is 4.48. The van der Waals surface area contributed by atoms with Gasteiger partial charge in [0.25, 0.3) is 0 Å². The molecule has 2 aliphatic rings. The third kappa shape index (κ3) is 13.4. The Morgan fingerprint density at radius 2 is 1.58 bits per heavy atom. The van der Waals surface area contributed by atoms with Crippen molar-refractivity contribution in [3.8, 4) is 0 Å². The lowest BCUT2D eigenvalue weighted by molar-refractivity contribution is -0.246. The van der Waals surface area contributed by atoms with Gasteiger partial charge in [-0.3, -0.25) is 19.2 Å². The average Bonchev–Trinajstić information content (AvgIpc) is 3.53. The number of hydroxylamine groups is 2. The minimum absolute atomic E-state index is 0.191. The number of rotatable bonds is 14. The number of nitrogens with one attached hydrogen (secondary N) is 4. The number of likely N-dealkylation sites (tertiary alicyclic amines) is 1. The molecular weight excluding hydrogens is 676 g/mol. The highest BCUT2D eigenvalue weighted by Crippen LogP contribution is 2.36. The number of carbonyl (C=O) groups is 5. The molecule has 2 fully saturated rings. The first-order valence-corrected chi connectivity index (χ1v) is 19.0. The maximum absolute atomic E-state index is 14.2. The SMILES string of the molecule is CC(C)C[C@@H](/C=C/[C@H](Cc1ccccc1)C(=O)N1CCC[C@H]1C(=O)NCC(=O)N[C@@H](C)C(=O)NC1CC(C)(C)N(O)C(C)(C)C1)NC(=O)OC(C)(C)C. The Balaban J connectivity index is 1.64. The highest BCUT2D eigenvalue weighted by atomic mass is 16.6. The van der Waals surface area contributed by atoms with Gasteiger partial charge < -0.3 is 36.1 Å². The van der Waals surface area contributed by atoms with Crippen molar-refractivity contribution in [1.82, 2.24) is 31.2 Å². The average molecular weight is 741 g/mol. The van der Waals surface area contributed by atoms with Crippen LogP contribution in [0.3, 0.4) is 0 Å². The highest BCUT2D eigenvalue weighted by Gasteiger charge is 2.45. The zero-order valence-electron chi connectivity index (χ0n) is 33.5. The fourth-order valence-corrected chi connectivity index (χ4v) is 7.38. The molecule has 2 aliphatic heterocycles. The minimum Gasteiger partial charge on any atom is -0.444 e. The zero-order chi connectivity index (χ0) is 39.7. The summed E-state index contributed by atoms with van der Waals surface area (Å²) in [5.74, 6) is -1.87. The van der Waals surface area contributed by atoms with E-state index in [1.165, 1.54) is 5.06 Å². The first-order valence-electron chi connectivity index (χ1n) is 19.0. The second kappa shape index (κ2) is 18.4. The maximum atomic E-state index is 14.2. The van der Waals surface area contributed by atoms with E-state index >= 15 is 0 Å². The van der Waals surface area contributed by atoms with Gasteiger partial charge in [-0.15, -0.1) is 0 Å². The van der Waals surface area contributed by atoms with Crippen LogP contribution < -0.4 is 21.3 Å². The van der Waals surface area contributed by atoms with Gasteiger partial charge in [-0.1, -0.05) is 56.3 Å². The van der Waals surface area contributed by atoms with Gasteiger partial charge in [-0.05, 0) is 105 Å². The van der Waals surface area contributed by atoms with E-state index in [-0.39, 0.29) is 36.4 Å². The summed E-state index contributed by atoms with van der Waals surface area (Å²) >= 11 is 0. The van der Waals surface area contributed by atoms with Gasteiger partial charge in [0.1, 0.15) is 17.7 Å². The smallest absolute Gasteiger partial charge is 0.408 e. The van der Waals surface area contributed by atoms with Crippen LogP contribution in [0.4, 0.5) is 4.79 Å². The van der Waals surface area contributed by atoms with Crippen molar-refractivity contribution in [1.29, 1.82) is 0 Å². The quantitative estimate of drug-likeness (QED) is 0.174. The molecule has 0 aromatic heterocycles. The molecule has 1 aromatic carbocycles. The van der Waals surface area contributed by atoms with Crippen molar-refractivity contribution in [2.45, 2.75) is 149 Å². The molecule has 5 N–H and O–H groups in total. The van der Waals surface area contributed by atoms with Gasteiger partial charge in [0, 0.05) is 23.7 Å². The molecule has 0 spiro atoms. The zero-order valence-corrected chi connectivity index (χ0v) is 33.5. The molecule has 0 bridgehead atoms. The normalized spacial score (nSPS) is 20.8. The lowest BCUT2D eigenvalue weighted by atomic mass is 9.79. The van der Waals surface area contributed by atoms with Crippen LogP contribution in [-0.4, -0.2) is 98.8 Å². The van der Waals surface area contributed by atoms with Crippen molar-refractivity contribution >= 4 is 29.7 Å². The van der Waals surface area contributed by atoms with E-state index in [9.17, 15) is 29.2 Å². The Hall–Kier alpha value is -3.97. The Morgan fingerprint density at radius 1 is 0.962 bits per heavy atom. The molecule has 0 saturated carbocycles. The van der Waals surface area contributed by atoms with E-state index in [1.807, 2.05) is 70.2 Å². The van der Waals surface area contributed by atoms with Crippen molar-refractivity contribution in [3.05, 3.63) is 48.0 Å². The summed E-state index contributed by atoms with van der Waals surface area (Å²) in [6.07, 6.45) is 6.33. The molecule has 296 valence electrons. The molecule has 13 heteroatoms. The molecule has 5 amide bonds. The second-order valence-electron chi connectivity index (χ2n) is 17.3. The van der Waals surface area contributed by atoms with Crippen LogP contribution in [0.25, 0.3) is 0 Å². The van der Waals surface area contributed by atoms with Crippen molar-refractivity contribution in [2.24, 2.45) is 11.8 Å². The van der Waals surface area contributed by atoms with E-state index in [2.05, 4.69) is 35.1 Å². The topological polar surface area (TPSA) is 169 Å². The molecule has 3 rings (SSSR count). The Bertz CT molecular complexity index is 1440. The molecule has 2 saturated heterocycles. The molecular formula is C40H64N6O7. The maximum Gasteiger partial charge on any atom is 0.408 e. The fraction of sp³-hybridized carbons (Fsp3) is 0.675. The summed E-state index contributed by atoms with van der Waals surface area (Å²) in [6.45, 7) is 18.8. The molecule has 1 aromatic rings. The summed E-state index contributed by atoms with van der Waals surface area (Å²) in [4.78, 5) is 67.7. The van der Waals surface area contributed by atoms with Crippen LogP contribution in [-0.2, 0) is 30.3 Å². The number of benzene rings is 1. The summed E-state index contributed by atoms with van der Waals surface area (Å²) in [5, 5.41) is 23.2. The molecule has 13 nitrogen and oxygen atoms in total. The molecule has 53 heavy (non-hydrogen) atoms. The third-order valence-corrected chi connectivity index (χ3v) is 9.64. The van der Waals surface area contributed by atoms with Crippen LogP contribution in [0.2, 0.25) is 0 Å². The largest absolute Gasteiger partial charge is 0.444 e. The number of hydrogen-bond donors (Lipinski definition) is 5. The molecule has 2 heterocycles. The number of piperidine rings is 1. The van der Waals surface area contributed by atoms with E-state index in [0.29, 0.717) is 45.1 Å². The lowest BCUT2D eigenvalue weighted by Gasteiger charge is -2.51. The van der Waals surface area contributed by atoms with Crippen LogP contribution in [0, 0.1) is 11.8 Å². The van der Waals surface area contributed by atoms with Gasteiger partial charge in [-0.2, -0.15) is 5.06 Å². The predicted molar refractivity (Wildman–Crippen MR) is 204 cm³/mol. The number of nitrogens with zero attached hydrogens (tertiary/aromatic N) is 2. The fourth-order valence-electron chi connectivity index (χ4n) is 7.38.